The van der Waals surface area contributed by atoms with Crippen LogP contribution in [0.15, 0.2) is 27.6 Å². The van der Waals surface area contributed by atoms with E-state index in [4.69, 9.17) is 4.52 Å². The van der Waals surface area contributed by atoms with E-state index in [1.54, 1.807) is 20.0 Å². The molecule has 0 unspecified atom stereocenters. The minimum Gasteiger partial charge on any atom is -0.352 e. The molecule has 0 saturated heterocycles. The number of rotatable bonds is 4. The van der Waals surface area contributed by atoms with E-state index < -0.39 is 0 Å². The van der Waals surface area contributed by atoms with E-state index in [0.717, 1.165) is 11.4 Å². The fourth-order valence-corrected chi connectivity index (χ4v) is 2.23. The van der Waals surface area contributed by atoms with Gasteiger partial charge in [0.15, 0.2) is 5.82 Å². The Hall–Kier alpha value is -3.03. The summed E-state index contributed by atoms with van der Waals surface area (Å²) >= 11 is 0. The van der Waals surface area contributed by atoms with Gasteiger partial charge in [0, 0.05) is 37.0 Å². The van der Waals surface area contributed by atoms with Crippen molar-refractivity contribution in [2.45, 2.75) is 27.3 Å². The number of nitrogens with zero attached hydrogens (tertiary/aromatic N) is 5. The summed E-state index contributed by atoms with van der Waals surface area (Å²) in [5.74, 6) is 2.40. The van der Waals surface area contributed by atoms with Crippen LogP contribution < -0.4 is 10.5 Å². The maximum Gasteiger partial charge on any atom is 0.254 e. The van der Waals surface area contributed by atoms with Gasteiger partial charge >= 0.3 is 0 Å². The van der Waals surface area contributed by atoms with Gasteiger partial charge in [-0.25, -0.2) is 9.97 Å². The second-order valence-corrected chi connectivity index (χ2v) is 5.62. The highest BCUT2D eigenvalue weighted by atomic mass is 16.5. The number of aromatic nitrogens is 5. The molecule has 0 amide bonds. The first-order chi connectivity index (χ1) is 11.4. The Kier molecular flexibility index (Phi) is 4.11. The number of pyridine rings is 1. The van der Waals surface area contributed by atoms with E-state index in [-0.39, 0.29) is 5.56 Å². The summed E-state index contributed by atoms with van der Waals surface area (Å²) in [5, 5.41) is 3.87. The zero-order valence-corrected chi connectivity index (χ0v) is 14.0. The summed E-state index contributed by atoms with van der Waals surface area (Å²) < 4.78 is 4.96. The van der Waals surface area contributed by atoms with Crippen molar-refractivity contribution >= 4 is 5.82 Å². The zero-order valence-electron chi connectivity index (χ0n) is 14.0. The van der Waals surface area contributed by atoms with Crippen LogP contribution in [-0.4, -0.2) is 32.1 Å². The second kappa shape index (κ2) is 6.23. The molecule has 0 aliphatic rings. The van der Waals surface area contributed by atoms with Crippen LogP contribution in [0.2, 0.25) is 0 Å². The number of hydrogen-bond acceptors (Lipinski definition) is 7. The molecular formula is C16H18N6O2. The van der Waals surface area contributed by atoms with Crippen molar-refractivity contribution in [3.05, 3.63) is 51.7 Å². The Bertz CT molecular complexity index is 913. The lowest BCUT2D eigenvalue weighted by atomic mass is 10.2. The van der Waals surface area contributed by atoms with Gasteiger partial charge in [-0.2, -0.15) is 4.98 Å². The smallest absolute Gasteiger partial charge is 0.254 e. The molecule has 3 aromatic rings. The molecule has 0 bridgehead atoms. The Balaban J connectivity index is 1.81. The van der Waals surface area contributed by atoms with Crippen molar-refractivity contribution in [1.29, 1.82) is 0 Å². The van der Waals surface area contributed by atoms with Crippen molar-refractivity contribution in [3.63, 3.8) is 0 Å². The third-order valence-electron chi connectivity index (χ3n) is 3.76. The van der Waals surface area contributed by atoms with E-state index in [1.807, 2.05) is 31.0 Å². The Morgan fingerprint density at radius 3 is 2.58 bits per heavy atom. The van der Waals surface area contributed by atoms with Gasteiger partial charge in [0.25, 0.3) is 5.56 Å². The van der Waals surface area contributed by atoms with Crippen LogP contribution in [-0.2, 0) is 6.54 Å². The largest absolute Gasteiger partial charge is 0.352 e. The molecule has 0 aliphatic carbocycles. The lowest BCUT2D eigenvalue weighted by Gasteiger charge is -2.16. The van der Waals surface area contributed by atoms with Crippen molar-refractivity contribution in [1.82, 2.24) is 25.1 Å². The molecule has 124 valence electrons. The lowest BCUT2D eigenvalue weighted by molar-refractivity contribution is 0.387. The quantitative estimate of drug-likeness (QED) is 0.779. The number of aryl methyl sites for hydroxylation is 2. The van der Waals surface area contributed by atoms with Gasteiger partial charge in [0.1, 0.15) is 11.6 Å². The molecule has 0 saturated carbocycles. The monoisotopic (exact) mass is 326 g/mol. The molecule has 0 fully saturated rings. The molecule has 8 heteroatoms. The van der Waals surface area contributed by atoms with Crippen LogP contribution in [0.3, 0.4) is 0 Å². The number of hydrogen-bond donors (Lipinski definition) is 1. The van der Waals surface area contributed by atoms with Crippen LogP contribution >= 0.6 is 0 Å². The molecule has 3 heterocycles. The Morgan fingerprint density at radius 2 is 2.00 bits per heavy atom. The van der Waals surface area contributed by atoms with Crippen molar-refractivity contribution in [2.75, 3.05) is 11.9 Å². The van der Waals surface area contributed by atoms with E-state index in [1.165, 1.54) is 0 Å². The molecule has 0 radical (unpaired) electrons. The highest BCUT2D eigenvalue weighted by Gasteiger charge is 2.10. The number of anilines is 1. The van der Waals surface area contributed by atoms with Crippen LogP contribution in [0.25, 0.3) is 11.4 Å². The Morgan fingerprint density at radius 1 is 1.21 bits per heavy atom. The predicted octanol–water partition coefficient (Wildman–Crippen LogP) is 1.78. The van der Waals surface area contributed by atoms with Crippen molar-refractivity contribution in [3.8, 4) is 11.4 Å². The molecular weight excluding hydrogens is 308 g/mol. The first-order valence-corrected chi connectivity index (χ1v) is 7.48. The maximum atomic E-state index is 11.9. The highest BCUT2D eigenvalue weighted by molar-refractivity contribution is 5.56. The van der Waals surface area contributed by atoms with E-state index in [2.05, 4.69) is 25.1 Å². The molecule has 0 aromatic carbocycles. The number of nitrogens with one attached hydrogen (secondary N) is 1. The number of aromatic amines is 1. The summed E-state index contributed by atoms with van der Waals surface area (Å²) in [5.41, 5.74) is 1.95. The van der Waals surface area contributed by atoms with Gasteiger partial charge in [-0.15, -0.1) is 0 Å². The standard InChI is InChI=1S/C16H18N6O2/c1-9-10(2)18-15(20-16(9)23)12-5-6-14(17-7-12)22(4)8-13-19-11(3)24-21-13/h5-7H,8H2,1-4H3,(H,18,20,23). The Labute approximate surface area is 138 Å². The van der Waals surface area contributed by atoms with Gasteiger partial charge in [-0.3, -0.25) is 4.79 Å². The van der Waals surface area contributed by atoms with Gasteiger partial charge in [0.2, 0.25) is 5.89 Å². The second-order valence-electron chi connectivity index (χ2n) is 5.62. The fourth-order valence-electron chi connectivity index (χ4n) is 2.23. The summed E-state index contributed by atoms with van der Waals surface area (Å²) in [6.07, 6.45) is 1.68. The number of H-pyrrole nitrogens is 1. The average Bonchev–Trinajstić information content (AvgIpc) is 2.97. The summed E-state index contributed by atoms with van der Waals surface area (Å²) in [6.45, 7) is 5.81. The predicted molar refractivity (Wildman–Crippen MR) is 88.7 cm³/mol. The van der Waals surface area contributed by atoms with Crippen LogP contribution in [0, 0.1) is 20.8 Å². The minimum absolute atomic E-state index is 0.133. The first-order valence-electron chi connectivity index (χ1n) is 7.48. The molecule has 0 atom stereocenters. The van der Waals surface area contributed by atoms with Crippen LogP contribution in [0.4, 0.5) is 5.82 Å². The van der Waals surface area contributed by atoms with E-state index in [0.29, 0.717) is 35.3 Å². The average molecular weight is 326 g/mol. The van der Waals surface area contributed by atoms with Crippen molar-refractivity contribution in [2.24, 2.45) is 0 Å². The van der Waals surface area contributed by atoms with Crippen LogP contribution in [0.1, 0.15) is 23.0 Å². The van der Waals surface area contributed by atoms with Gasteiger partial charge in [-0.05, 0) is 26.0 Å². The lowest BCUT2D eigenvalue weighted by Crippen LogP contribution is -2.18. The normalized spacial score (nSPS) is 10.8. The van der Waals surface area contributed by atoms with Crippen molar-refractivity contribution < 1.29 is 4.52 Å². The summed E-state index contributed by atoms with van der Waals surface area (Å²) in [4.78, 5) is 29.5. The third-order valence-corrected chi connectivity index (χ3v) is 3.76. The molecule has 1 N–H and O–H groups in total. The topological polar surface area (TPSA) is 101 Å². The zero-order chi connectivity index (χ0) is 17.3. The van der Waals surface area contributed by atoms with Gasteiger partial charge in [0.05, 0.1) is 6.54 Å². The van der Waals surface area contributed by atoms with Gasteiger partial charge < -0.3 is 14.4 Å². The fraction of sp³-hybridized carbons (Fsp3) is 0.312. The molecule has 0 spiro atoms. The molecule has 3 aromatic heterocycles. The van der Waals surface area contributed by atoms with E-state index in [9.17, 15) is 4.79 Å². The molecule has 24 heavy (non-hydrogen) atoms. The first kappa shape index (κ1) is 15.9. The van der Waals surface area contributed by atoms with Crippen LogP contribution in [0.5, 0.6) is 0 Å². The molecule has 0 aliphatic heterocycles. The maximum absolute atomic E-state index is 11.9. The molecule has 8 nitrogen and oxygen atoms in total. The SMILES string of the molecule is Cc1nc(CN(C)c2ccc(-c3nc(C)c(C)c(=O)[nH]3)cn2)no1. The van der Waals surface area contributed by atoms with E-state index >= 15 is 0 Å². The summed E-state index contributed by atoms with van der Waals surface area (Å²) in [7, 11) is 1.89. The van der Waals surface area contributed by atoms with Gasteiger partial charge in [-0.1, -0.05) is 5.16 Å². The molecule has 3 rings (SSSR count). The minimum atomic E-state index is -0.133. The highest BCUT2D eigenvalue weighted by Crippen LogP contribution is 2.18. The summed E-state index contributed by atoms with van der Waals surface area (Å²) in [6, 6.07) is 3.73. The third kappa shape index (κ3) is 3.17.